The Morgan fingerprint density at radius 1 is 0.537 bits per heavy atom. The number of amides is 8. The van der Waals surface area contributed by atoms with Gasteiger partial charge in [0.15, 0.2) is 0 Å². The molecule has 0 spiro atoms. The van der Waals surface area contributed by atoms with Gasteiger partial charge < -0.3 is 49.9 Å². The number of carbonyl (C=O) groups excluding carboxylic acids is 8. The largest absolute Gasteiger partial charge is 0.370 e. The number of primary amides is 4. The molecular formula is C24H43N9O8. The molecule has 8 amide bonds. The van der Waals surface area contributed by atoms with E-state index < -0.39 is 89.8 Å². The van der Waals surface area contributed by atoms with E-state index in [-0.39, 0.29) is 31.6 Å². The third-order valence-corrected chi connectivity index (χ3v) is 5.96. The van der Waals surface area contributed by atoms with E-state index in [0.717, 1.165) is 0 Å². The summed E-state index contributed by atoms with van der Waals surface area (Å²) in [6.45, 7) is 6.70. The minimum absolute atomic E-state index is 0.226. The zero-order valence-electron chi connectivity index (χ0n) is 23.7. The Hall–Kier alpha value is -4.28. The van der Waals surface area contributed by atoms with Gasteiger partial charge in [-0.1, -0.05) is 27.7 Å². The lowest BCUT2D eigenvalue weighted by molar-refractivity contribution is -0.136. The van der Waals surface area contributed by atoms with Crippen LogP contribution < -0.4 is 49.9 Å². The van der Waals surface area contributed by atoms with Gasteiger partial charge in [0.2, 0.25) is 47.3 Å². The first kappa shape index (κ1) is 36.7. The van der Waals surface area contributed by atoms with Crippen LogP contribution in [0.25, 0.3) is 0 Å². The summed E-state index contributed by atoms with van der Waals surface area (Å²) in [5.74, 6) is -7.66. The Balaban J connectivity index is 5.90. The Morgan fingerprint density at radius 3 is 1.39 bits per heavy atom. The van der Waals surface area contributed by atoms with Crippen LogP contribution in [0.15, 0.2) is 0 Å². The topological polar surface area (TPSA) is 315 Å². The average Bonchev–Trinajstić information content (AvgIpc) is 2.84. The molecule has 0 bridgehead atoms. The molecule has 0 unspecified atom stereocenters. The Bertz CT molecular complexity index is 1000. The van der Waals surface area contributed by atoms with Gasteiger partial charge in [0.05, 0.1) is 12.5 Å². The molecule has 17 heteroatoms. The molecular weight excluding hydrogens is 542 g/mol. The maximum absolute atomic E-state index is 13.1. The Labute approximate surface area is 237 Å². The highest BCUT2D eigenvalue weighted by Crippen LogP contribution is 2.08. The molecule has 0 aliphatic heterocycles. The van der Waals surface area contributed by atoms with Gasteiger partial charge in [-0.15, -0.1) is 0 Å². The van der Waals surface area contributed by atoms with Crippen LogP contribution in [-0.4, -0.2) is 77.5 Å². The standard InChI is InChI=1S/C24H43N9O8/c1-10(2)18(28)23(40)33-19(11(3)4)24(41)32-14(9-17(27)36)22(39)31-13(6-8-16(26)35)21(38)30-12(20(29)37)5-7-15(25)34/h10-14,18-19H,5-9,28H2,1-4H3,(H2,25,34)(H2,26,35)(H2,27,36)(H2,29,37)(H,30,38)(H,31,39)(H,32,41)(H,33,40)/t12-,13-,14-,18-,19-/m0/s1. The van der Waals surface area contributed by atoms with Crippen molar-refractivity contribution >= 4 is 47.3 Å². The van der Waals surface area contributed by atoms with Crippen molar-refractivity contribution in [2.45, 2.75) is 90.0 Å². The molecule has 0 aromatic heterocycles. The van der Waals surface area contributed by atoms with Crippen molar-refractivity contribution < 1.29 is 38.4 Å². The van der Waals surface area contributed by atoms with E-state index in [9.17, 15) is 38.4 Å². The predicted molar refractivity (Wildman–Crippen MR) is 145 cm³/mol. The zero-order valence-corrected chi connectivity index (χ0v) is 23.7. The monoisotopic (exact) mass is 585 g/mol. The molecule has 0 fully saturated rings. The van der Waals surface area contributed by atoms with Gasteiger partial charge in [0.25, 0.3) is 0 Å². The number of hydrogen-bond acceptors (Lipinski definition) is 9. The fourth-order valence-electron chi connectivity index (χ4n) is 3.43. The average molecular weight is 586 g/mol. The molecule has 0 saturated heterocycles. The third kappa shape index (κ3) is 14.1. The summed E-state index contributed by atoms with van der Waals surface area (Å²) >= 11 is 0. The van der Waals surface area contributed by atoms with Crippen LogP contribution in [0.5, 0.6) is 0 Å². The molecule has 0 saturated carbocycles. The molecule has 0 heterocycles. The van der Waals surface area contributed by atoms with Crippen LogP contribution in [0.4, 0.5) is 0 Å². The van der Waals surface area contributed by atoms with Crippen molar-refractivity contribution in [3.05, 3.63) is 0 Å². The highest BCUT2D eigenvalue weighted by molar-refractivity contribution is 5.97. The maximum atomic E-state index is 13.1. The lowest BCUT2D eigenvalue weighted by Crippen LogP contribution is -2.60. The summed E-state index contributed by atoms with van der Waals surface area (Å²) in [4.78, 5) is 97.4. The number of carbonyl (C=O) groups is 8. The predicted octanol–water partition coefficient (Wildman–Crippen LogP) is -4.54. The Kier molecular flexibility index (Phi) is 15.6. The molecule has 0 aliphatic rings. The minimum Gasteiger partial charge on any atom is -0.370 e. The molecule has 232 valence electrons. The fraction of sp³-hybridized carbons (Fsp3) is 0.667. The van der Waals surface area contributed by atoms with E-state index in [1.807, 2.05) is 0 Å². The van der Waals surface area contributed by atoms with Gasteiger partial charge in [-0.25, -0.2) is 0 Å². The van der Waals surface area contributed by atoms with Crippen LogP contribution in [-0.2, 0) is 38.4 Å². The molecule has 0 aromatic rings. The molecule has 0 rings (SSSR count). The molecule has 0 aliphatic carbocycles. The molecule has 0 aromatic carbocycles. The summed E-state index contributed by atoms with van der Waals surface area (Å²) in [6.07, 6.45) is -1.90. The maximum Gasteiger partial charge on any atom is 0.243 e. The van der Waals surface area contributed by atoms with E-state index in [2.05, 4.69) is 21.3 Å². The first-order valence-corrected chi connectivity index (χ1v) is 13.0. The van der Waals surface area contributed by atoms with Crippen LogP contribution in [0.3, 0.4) is 0 Å². The van der Waals surface area contributed by atoms with Crippen LogP contribution in [0, 0.1) is 11.8 Å². The lowest BCUT2D eigenvalue weighted by Gasteiger charge is -2.27. The Morgan fingerprint density at radius 2 is 0.976 bits per heavy atom. The van der Waals surface area contributed by atoms with E-state index in [1.165, 1.54) is 0 Å². The van der Waals surface area contributed by atoms with E-state index >= 15 is 0 Å². The summed E-state index contributed by atoms with van der Waals surface area (Å²) < 4.78 is 0. The van der Waals surface area contributed by atoms with Crippen molar-refractivity contribution in [3.8, 4) is 0 Å². The molecule has 5 atom stereocenters. The molecule has 41 heavy (non-hydrogen) atoms. The fourth-order valence-corrected chi connectivity index (χ4v) is 3.43. The highest BCUT2D eigenvalue weighted by atomic mass is 16.2. The number of nitrogens with two attached hydrogens (primary N) is 5. The van der Waals surface area contributed by atoms with E-state index in [4.69, 9.17) is 28.7 Å². The van der Waals surface area contributed by atoms with Gasteiger partial charge >= 0.3 is 0 Å². The van der Waals surface area contributed by atoms with E-state index in [0.29, 0.717) is 0 Å². The second kappa shape index (κ2) is 17.4. The second-order valence-corrected chi connectivity index (χ2v) is 10.3. The van der Waals surface area contributed by atoms with Gasteiger partial charge in [0, 0.05) is 12.8 Å². The van der Waals surface area contributed by atoms with Crippen LogP contribution in [0.2, 0.25) is 0 Å². The third-order valence-electron chi connectivity index (χ3n) is 5.96. The number of hydrogen-bond donors (Lipinski definition) is 9. The first-order chi connectivity index (χ1) is 18.9. The van der Waals surface area contributed by atoms with Crippen molar-refractivity contribution in [1.82, 2.24) is 21.3 Å². The lowest BCUT2D eigenvalue weighted by atomic mass is 9.99. The van der Waals surface area contributed by atoms with Gasteiger partial charge in [-0.2, -0.15) is 0 Å². The smallest absolute Gasteiger partial charge is 0.243 e. The van der Waals surface area contributed by atoms with Crippen LogP contribution in [0.1, 0.15) is 59.8 Å². The molecule has 0 radical (unpaired) electrons. The summed E-state index contributed by atoms with van der Waals surface area (Å²) in [5, 5.41) is 9.44. The quantitative estimate of drug-likeness (QED) is 0.0703. The van der Waals surface area contributed by atoms with Crippen molar-refractivity contribution in [3.63, 3.8) is 0 Å². The normalized spacial score (nSPS) is 14.6. The van der Waals surface area contributed by atoms with Gasteiger partial charge in [0.1, 0.15) is 24.2 Å². The van der Waals surface area contributed by atoms with Crippen molar-refractivity contribution in [2.75, 3.05) is 0 Å². The number of rotatable bonds is 19. The summed E-state index contributed by atoms with van der Waals surface area (Å²) in [6, 6.07) is -6.47. The first-order valence-electron chi connectivity index (χ1n) is 13.0. The SMILES string of the molecule is CC(C)[C@H](N)C(=O)N[C@H](C(=O)N[C@@H](CC(N)=O)C(=O)N[C@@H](CCC(N)=O)C(=O)N[C@@H](CCC(N)=O)C(N)=O)C(C)C. The summed E-state index contributed by atoms with van der Waals surface area (Å²) in [5.41, 5.74) is 26.6. The van der Waals surface area contributed by atoms with Gasteiger partial charge in [-0.3, -0.25) is 38.4 Å². The van der Waals surface area contributed by atoms with Crippen LogP contribution >= 0.6 is 0 Å². The van der Waals surface area contributed by atoms with Crippen molar-refractivity contribution in [2.24, 2.45) is 40.5 Å². The number of nitrogens with one attached hydrogen (secondary N) is 4. The highest BCUT2D eigenvalue weighted by Gasteiger charge is 2.33. The molecule has 17 nitrogen and oxygen atoms in total. The molecule has 14 N–H and O–H groups in total. The minimum atomic E-state index is -1.59. The zero-order chi connectivity index (χ0) is 32.0. The van der Waals surface area contributed by atoms with Gasteiger partial charge in [-0.05, 0) is 24.7 Å². The summed E-state index contributed by atoms with van der Waals surface area (Å²) in [7, 11) is 0. The second-order valence-electron chi connectivity index (χ2n) is 10.3. The van der Waals surface area contributed by atoms with E-state index in [1.54, 1.807) is 27.7 Å². The van der Waals surface area contributed by atoms with Crippen molar-refractivity contribution in [1.29, 1.82) is 0 Å².